The van der Waals surface area contributed by atoms with E-state index in [-0.39, 0.29) is 6.54 Å². The number of imide groups is 1. The molecule has 3 rings (SSSR count). The quantitative estimate of drug-likeness (QED) is 0.523. The fraction of sp³-hybridized carbons (Fsp3) is 0.700. The Balaban J connectivity index is 1.90. The van der Waals surface area contributed by atoms with E-state index < -0.39 is 47.9 Å². The molecule has 3 saturated heterocycles. The van der Waals surface area contributed by atoms with Gasteiger partial charge in [0.15, 0.2) is 0 Å². The van der Waals surface area contributed by atoms with Gasteiger partial charge in [0.1, 0.15) is 6.54 Å². The van der Waals surface area contributed by atoms with Gasteiger partial charge in [0, 0.05) is 6.42 Å². The topological polar surface area (TPSA) is 110 Å². The molecule has 0 aliphatic carbocycles. The lowest BCUT2D eigenvalue weighted by molar-refractivity contribution is -0.145. The van der Waals surface area contributed by atoms with Crippen LogP contribution in [0.2, 0.25) is 0 Å². The number of likely N-dealkylation sites (tertiary alicyclic amines) is 1. The van der Waals surface area contributed by atoms with Crippen LogP contribution in [0.1, 0.15) is 6.42 Å². The molecule has 3 heterocycles. The summed E-state index contributed by atoms with van der Waals surface area (Å²) in [6.45, 7) is -0.389. The molecule has 0 spiro atoms. The molecule has 5 unspecified atom stereocenters. The fourth-order valence-corrected chi connectivity index (χ4v) is 3.10. The Hall–Kier alpha value is -1.47. The highest BCUT2D eigenvalue weighted by molar-refractivity contribution is 6.08. The molecule has 0 aromatic carbocycles. The van der Waals surface area contributed by atoms with Gasteiger partial charge < -0.3 is 15.6 Å². The van der Waals surface area contributed by atoms with Crippen molar-refractivity contribution in [3.63, 3.8) is 0 Å². The Morgan fingerprint density at radius 3 is 2.71 bits per heavy atom. The molecule has 3 N–H and O–H groups in total. The van der Waals surface area contributed by atoms with E-state index in [0.29, 0.717) is 6.42 Å². The van der Waals surface area contributed by atoms with Crippen LogP contribution in [0.25, 0.3) is 0 Å². The average Bonchev–Trinajstić information content (AvgIpc) is 2.85. The lowest BCUT2D eigenvalue weighted by Crippen LogP contribution is -2.41. The van der Waals surface area contributed by atoms with E-state index in [1.54, 1.807) is 0 Å². The minimum absolute atomic E-state index is 0.370. The third-order valence-electron chi connectivity index (χ3n) is 3.74. The van der Waals surface area contributed by atoms with Crippen LogP contribution in [0, 0.1) is 11.8 Å². The normalized spacial score (nSPS) is 43.4. The molecular weight excluding hydrogens is 228 g/mol. The molecule has 0 aromatic heterocycles. The van der Waals surface area contributed by atoms with Gasteiger partial charge in [0.25, 0.3) is 0 Å². The molecule has 0 saturated carbocycles. The summed E-state index contributed by atoms with van der Waals surface area (Å²) in [5.41, 5.74) is 4.99. The third-order valence-corrected chi connectivity index (χ3v) is 3.74. The largest absolute Gasteiger partial charge is 0.390 e. The lowest BCUT2D eigenvalue weighted by Gasteiger charge is -2.20. The summed E-state index contributed by atoms with van der Waals surface area (Å²) < 4.78 is 5.41. The predicted molar refractivity (Wildman–Crippen MR) is 52.2 cm³/mol. The van der Waals surface area contributed by atoms with Crippen LogP contribution in [0.3, 0.4) is 0 Å². The van der Waals surface area contributed by atoms with Gasteiger partial charge in [-0.05, 0) is 0 Å². The summed E-state index contributed by atoms with van der Waals surface area (Å²) in [7, 11) is 0. The third kappa shape index (κ3) is 1.26. The molecule has 2 bridgehead atoms. The number of nitrogens with two attached hydrogens (primary N) is 1. The number of ether oxygens (including phenoxy) is 1. The van der Waals surface area contributed by atoms with Crippen molar-refractivity contribution in [2.75, 3.05) is 6.54 Å². The van der Waals surface area contributed by atoms with Gasteiger partial charge in [-0.1, -0.05) is 0 Å². The van der Waals surface area contributed by atoms with Gasteiger partial charge in [-0.15, -0.1) is 0 Å². The van der Waals surface area contributed by atoms with Gasteiger partial charge in [-0.3, -0.25) is 19.3 Å². The van der Waals surface area contributed by atoms with E-state index in [9.17, 15) is 19.5 Å². The highest BCUT2D eigenvalue weighted by atomic mass is 16.5. The summed E-state index contributed by atoms with van der Waals surface area (Å²) in [6.07, 6.45) is -1.35. The maximum Gasteiger partial charge on any atom is 0.237 e. The van der Waals surface area contributed by atoms with Crippen LogP contribution < -0.4 is 5.73 Å². The minimum Gasteiger partial charge on any atom is -0.390 e. The number of rotatable bonds is 2. The van der Waals surface area contributed by atoms with Gasteiger partial charge >= 0.3 is 0 Å². The average molecular weight is 240 g/mol. The second-order valence-electron chi connectivity index (χ2n) is 4.72. The zero-order valence-corrected chi connectivity index (χ0v) is 8.91. The standard InChI is InChI=1S/C10H12N2O5/c11-5(14)2-12-9(15)6-4-1-3(13)8(17-4)7(6)10(12)16/h3-4,6-8,13H,1-2H2,(H2,11,14). The van der Waals surface area contributed by atoms with E-state index in [2.05, 4.69) is 0 Å². The van der Waals surface area contributed by atoms with Crippen LogP contribution in [-0.2, 0) is 19.1 Å². The summed E-state index contributed by atoms with van der Waals surface area (Å²) in [5.74, 6) is -2.77. The number of carbonyl (C=O) groups excluding carboxylic acids is 3. The van der Waals surface area contributed by atoms with Crippen LogP contribution in [0.15, 0.2) is 0 Å². The molecule has 3 amide bonds. The number of hydrogen-bond acceptors (Lipinski definition) is 5. The monoisotopic (exact) mass is 240 g/mol. The summed E-state index contributed by atoms with van der Waals surface area (Å²) in [5, 5.41) is 9.64. The molecular formula is C10H12N2O5. The van der Waals surface area contributed by atoms with Gasteiger partial charge in [0.2, 0.25) is 17.7 Å². The van der Waals surface area contributed by atoms with Crippen molar-refractivity contribution in [2.24, 2.45) is 17.6 Å². The Bertz CT molecular complexity index is 423. The van der Waals surface area contributed by atoms with Crippen molar-refractivity contribution < 1.29 is 24.2 Å². The highest BCUT2D eigenvalue weighted by Gasteiger charge is 2.65. The Morgan fingerprint density at radius 1 is 1.41 bits per heavy atom. The van der Waals surface area contributed by atoms with E-state index >= 15 is 0 Å². The van der Waals surface area contributed by atoms with Gasteiger partial charge in [-0.25, -0.2) is 0 Å². The summed E-state index contributed by atoms with van der Waals surface area (Å²) in [4.78, 5) is 35.6. The van der Waals surface area contributed by atoms with Crippen LogP contribution in [-0.4, -0.2) is 52.6 Å². The predicted octanol–water partition coefficient (Wildman–Crippen LogP) is -2.40. The number of primary amides is 1. The first kappa shape index (κ1) is 10.7. The Kier molecular flexibility index (Phi) is 2.05. The van der Waals surface area contributed by atoms with Gasteiger partial charge in [0.05, 0.1) is 30.1 Å². The second kappa shape index (κ2) is 3.27. The lowest BCUT2D eigenvalue weighted by atomic mass is 9.80. The number of aliphatic hydroxyl groups excluding tert-OH is 1. The Labute approximate surface area is 96.5 Å². The smallest absolute Gasteiger partial charge is 0.237 e. The zero-order valence-electron chi connectivity index (χ0n) is 8.91. The van der Waals surface area contributed by atoms with Crippen molar-refractivity contribution in [3.05, 3.63) is 0 Å². The van der Waals surface area contributed by atoms with Crippen molar-refractivity contribution in [1.82, 2.24) is 4.90 Å². The molecule has 92 valence electrons. The number of nitrogens with zero attached hydrogens (tertiary/aromatic N) is 1. The first-order valence-corrected chi connectivity index (χ1v) is 5.47. The van der Waals surface area contributed by atoms with Crippen LogP contribution in [0.4, 0.5) is 0 Å². The summed E-state index contributed by atoms with van der Waals surface area (Å²) >= 11 is 0. The maximum atomic E-state index is 12.0. The van der Waals surface area contributed by atoms with E-state index in [0.717, 1.165) is 4.90 Å². The summed E-state index contributed by atoms with van der Waals surface area (Å²) in [6, 6.07) is 0. The van der Waals surface area contributed by atoms with E-state index in [1.165, 1.54) is 0 Å². The Morgan fingerprint density at radius 2 is 2.06 bits per heavy atom. The van der Waals surface area contributed by atoms with Gasteiger partial charge in [-0.2, -0.15) is 0 Å². The molecule has 5 atom stereocenters. The van der Waals surface area contributed by atoms with Crippen molar-refractivity contribution in [3.8, 4) is 0 Å². The number of carbonyl (C=O) groups is 3. The molecule has 0 aromatic rings. The maximum absolute atomic E-state index is 12.0. The molecule has 7 nitrogen and oxygen atoms in total. The fourth-order valence-electron chi connectivity index (χ4n) is 3.10. The first-order valence-electron chi connectivity index (χ1n) is 5.47. The van der Waals surface area contributed by atoms with E-state index in [1.807, 2.05) is 0 Å². The SMILES string of the molecule is NC(=O)CN1C(=O)C2C3CC(O)C(O3)C2C1=O. The van der Waals surface area contributed by atoms with Crippen molar-refractivity contribution in [1.29, 1.82) is 0 Å². The van der Waals surface area contributed by atoms with Crippen LogP contribution >= 0.6 is 0 Å². The molecule has 3 aliphatic heterocycles. The molecule has 3 fully saturated rings. The molecule has 0 radical (unpaired) electrons. The number of hydrogen-bond donors (Lipinski definition) is 2. The number of aliphatic hydroxyl groups is 1. The van der Waals surface area contributed by atoms with E-state index in [4.69, 9.17) is 10.5 Å². The molecule has 17 heavy (non-hydrogen) atoms. The van der Waals surface area contributed by atoms with Crippen molar-refractivity contribution in [2.45, 2.75) is 24.7 Å². The second-order valence-corrected chi connectivity index (χ2v) is 4.72. The van der Waals surface area contributed by atoms with Crippen molar-refractivity contribution >= 4 is 17.7 Å². The number of amides is 3. The highest BCUT2D eigenvalue weighted by Crippen LogP contribution is 2.48. The number of fused-ring (bicyclic) bond motifs is 5. The first-order chi connectivity index (χ1) is 8.00. The molecule has 7 heteroatoms. The minimum atomic E-state index is -0.722. The van der Waals surface area contributed by atoms with Crippen LogP contribution in [0.5, 0.6) is 0 Å². The molecule has 3 aliphatic rings. The zero-order chi connectivity index (χ0) is 12.3.